The van der Waals surface area contributed by atoms with Gasteiger partial charge in [0.1, 0.15) is 0 Å². The molecule has 2 N–H and O–H groups in total. The van der Waals surface area contributed by atoms with Gasteiger partial charge in [0.05, 0.1) is 0 Å². The molecule has 1 heteroatoms. The van der Waals surface area contributed by atoms with E-state index in [0.29, 0.717) is 0 Å². The second-order valence-corrected chi connectivity index (χ2v) is 4.64. The monoisotopic (exact) mass is 209 g/mol. The summed E-state index contributed by atoms with van der Waals surface area (Å²) in [7, 11) is 0. The summed E-state index contributed by atoms with van der Waals surface area (Å²) in [6.45, 7) is 0. The molecule has 80 valence electrons. The molecule has 0 bridgehead atoms. The van der Waals surface area contributed by atoms with Crippen LogP contribution < -0.4 is 5.73 Å². The Morgan fingerprint density at radius 3 is 1.81 bits per heavy atom. The second kappa shape index (κ2) is 3.46. The van der Waals surface area contributed by atoms with Gasteiger partial charge in [0.2, 0.25) is 0 Å². The lowest BCUT2D eigenvalue weighted by atomic mass is 9.88. The Labute approximate surface area is 95.9 Å². The van der Waals surface area contributed by atoms with Crippen molar-refractivity contribution in [2.75, 3.05) is 0 Å². The normalized spacial score (nSPS) is 17.1. The summed E-state index contributed by atoms with van der Waals surface area (Å²) in [6.07, 6.45) is 1.90. The topological polar surface area (TPSA) is 26.0 Å². The molecule has 2 aromatic rings. The highest BCUT2D eigenvalue weighted by Crippen LogP contribution is 2.35. The third-order valence-electron chi connectivity index (χ3n) is 3.48. The lowest BCUT2D eigenvalue weighted by Gasteiger charge is -2.24. The van der Waals surface area contributed by atoms with Crippen LogP contribution >= 0.6 is 0 Å². The maximum atomic E-state index is 6.53. The van der Waals surface area contributed by atoms with Gasteiger partial charge in [0.25, 0.3) is 0 Å². The predicted octanol–water partition coefficient (Wildman–Crippen LogP) is 2.64. The Morgan fingerprint density at radius 2 is 1.25 bits per heavy atom. The van der Waals surface area contributed by atoms with E-state index in [2.05, 4.69) is 48.5 Å². The predicted molar refractivity (Wildman–Crippen MR) is 66.2 cm³/mol. The van der Waals surface area contributed by atoms with Crippen molar-refractivity contribution in [2.45, 2.75) is 18.4 Å². The zero-order valence-corrected chi connectivity index (χ0v) is 9.19. The van der Waals surface area contributed by atoms with Crippen molar-refractivity contribution < 1.29 is 0 Å². The van der Waals surface area contributed by atoms with Crippen molar-refractivity contribution >= 4 is 0 Å². The van der Waals surface area contributed by atoms with Crippen molar-refractivity contribution in [3.63, 3.8) is 0 Å². The number of benzene rings is 2. The molecule has 0 radical (unpaired) electrons. The van der Waals surface area contributed by atoms with Crippen LogP contribution in [0.4, 0.5) is 0 Å². The Kier molecular flexibility index (Phi) is 2.08. The Bertz CT molecular complexity index is 477. The van der Waals surface area contributed by atoms with Crippen LogP contribution in [-0.4, -0.2) is 0 Å². The highest BCUT2D eigenvalue weighted by atomic mass is 14.8. The van der Waals surface area contributed by atoms with Gasteiger partial charge < -0.3 is 5.73 Å². The molecule has 2 aromatic carbocycles. The van der Waals surface area contributed by atoms with E-state index >= 15 is 0 Å². The molecule has 0 unspecified atom stereocenters. The minimum atomic E-state index is -0.203. The van der Waals surface area contributed by atoms with Crippen molar-refractivity contribution in [2.24, 2.45) is 5.73 Å². The molecule has 0 aliphatic heterocycles. The molecule has 16 heavy (non-hydrogen) atoms. The first-order valence-electron chi connectivity index (χ1n) is 5.69. The Balaban J connectivity index is 2.01. The summed E-state index contributed by atoms with van der Waals surface area (Å²) >= 11 is 0. The summed E-state index contributed by atoms with van der Waals surface area (Å²) < 4.78 is 0. The molecule has 1 nitrogen and oxygen atoms in total. The van der Waals surface area contributed by atoms with Crippen LogP contribution in [0.3, 0.4) is 0 Å². The highest BCUT2D eigenvalue weighted by molar-refractivity contribution is 5.40. The van der Waals surface area contributed by atoms with Crippen LogP contribution in [0.5, 0.6) is 0 Å². The van der Waals surface area contributed by atoms with E-state index in [1.165, 1.54) is 16.7 Å². The maximum Gasteiger partial charge on any atom is 0.0491 e. The van der Waals surface area contributed by atoms with Crippen molar-refractivity contribution in [3.05, 3.63) is 71.3 Å². The third kappa shape index (κ3) is 1.44. The molecule has 0 saturated carbocycles. The standard InChI is InChI=1S/C15H15N/c16-15(14-8-2-1-3-9-14)10-12-6-4-5-7-13(12)11-15/h1-9H,10-11,16H2. The third-order valence-corrected chi connectivity index (χ3v) is 3.48. The summed E-state index contributed by atoms with van der Waals surface area (Å²) in [4.78, 5) is 0. The molecule has 0 aromatic heterocycles. The number of rotatable bonds is 1. The quantitative estimate of drug-likeness (QED) is 0.767. The molecular weight excluding hydrogens is 194 g/mol. The molecule has 3 rings (SSSR count). The minimum absolute atomic E-state index is 0.203. The average molecular weight is 209 g/mol. The van der Waals surface area contributed by atoms with Gasteiger partial charge in [0.15, 0.2) is 0 Å². The molecule has 0 fully saturated rings. The highest BCUT2D eigenvalue weighted by Gasteiger charge is 2.34. The molecule has 0 amide bonds. The van der Waals surface area contributed by atoms with Crippen molar-refractivity contribution in [1.29, 1.82) is 0 Å². The molecule has 0 heterocycles. The van der Waals surface area contributed by atoms with E-state index < -0.39 is 0 Å². The van der Waals surface area contributed by atoms with Gasteiger partial charge in [0, 0.05) is 5.54 Å². The summed E-state index contributed by atoms with van der Waals surface area (Å²) in [5.41, 5.74) is 10.4. The van der Waals surface area contributed by atoms with Gasteiger partial charge in [-0.1, -0.05) is 54.6 Å². The first kappa shape index (κ1) is 9.61. The van der Waals surface area contributed by atoms with E-state index in [1.54, 1.807) is 0 Å². The molecule has 0 atom stereocenters. The lowest BCUT2D eigenvalue weighted by Crippen LogP contribution is -2.37. The van der Waals surface area contributed by atoms with Crippen LogP contribution in [-0.2, 0) is 18.4 Å². The first-order valence-corrected chi connectivity index (χ1v) is 5.69. The zero-order chi connectivity index (χ0) is 11.0. The van der Waals surface area contributed by atoms with Crippen LogP contribution in [0, 0.1) is 0 Å². The fourth-order valence-corrected chi connectivity index (χ4v) is 2.62. The van der Waals surface area contributed by atoms with Gasteiger partial charge in [-0.25, -0.2) is 0 Å². The summed E-state index contributed by atoms with van der Waals surface area (Å²) in [5, 5.41) is 0. The number of nitrogens with two attached hydrogens (primary N) is 1. The van der Waals surface area contributed by atoms with Gasteiger partial charge in [-0.15, -0.1) is 0 Å². The first-order chi connectivity index (χ1) is 7.78. The van der Waals surface area contributed by atoms with E-state index in [0.717, 1.165) is 12.8 Å². The SMILES string of the molecule is NC1(c2ccccc2)Cc2ccccc2C1. The molecule has 1 aliphatic carbocycles. The van der Waals surface area contributed by atoms with E-state index in [4.69, 9.17) is 5.73 Å². The van der Waals surface area contributed by atoms with Gasteiger partial charge >= 0.3 is 0 Å². The van der Waals surface area contributed by atoms with Gasteiger partial charge in [-0.3, -0.25) is 0 Å². The lowest BCUT2D eigenvalue weighted by molar-refractivity contribution is 0.473. The van der Waals surface area contributed by atoms with Crippen LogP contribution in [0.2, 0.25) is 0 Å². The molecule has 1 aliphatic rings. The van der Waals surface area contributed by atoms with Crippen LogP contribution in [0.15, 0.2) is 54.6 Å². The van der Waals surface area contributed by atoms with Crippen molar-refractivity contribution in [3.8, 4) is 0 Å². The Hall–Kier alpha value is -1.60. The average Bonchev–Trinajstić information content (AvgIpc) is 2.68. The van der Waals surface area contributed by atoms with E-state index in [9.17, 15) is 0 Å². The number of hydrogen-bond donors (Lipinski definition) is 1. The Morgan fingerprint density at radius 1 is 0.750 bits per heavy atom. The van der Waals surface area contributed by atoms with Crippen molar-refractivity contribution in [1.82, 2.24) is 0 Å². The van der Waals surface area contributed by atoms with E-state index in [-0.39, 0.29) is 5.54 Å². The fraction of sp³-hybridized carbons (Fsp3) is 0.200. The molecular formula is C15H15N. The summed E-state index contributed by atoms with van der Waals surface area (Å²) in [5.74, 6) is 0. The molecule has 0 saturated heterocycles. The molecule has 0 spiro atoms. The van der Waals surface area contributed by atoms with Crippen LogP contribution in [0.1, 0.15) is 16.7 Å². The second-order valence-electron chi connectivity index (χ2n) is 4.64. The zero-order valence-electron chi connectivity index (χ0n) is 9.19. The number of fused-ring (bicyclic) bond motifs is 1. The van der Waals surface area contributed by atoms with Crippen LogP contribution in [0.25, 0.3) is 0 Å². The fourth-order valence-electron chi connectivity index (χ4n) is 2.62. The van der Waals surface area contributed by atoms with Gasteiger partial charge in [-0.05, 0) is 29.5 Å². The summed E-state index contributed by atoms with van der Waals surface area (Å²) in [6, 6.07) is 19.0. The maximum absolute atomic E-state index is 6.53. The van der Waals surface area contributed by atoms with Gasteiger partial charge in [-0.2, -0.15) is 0 Å². The van der Waals surface area contributed by atoms with E-state index in [1.807, 2.05) is 6.07 Å². The largest absolute Gasteiger partial charge is 0.321 e. The number of hydrogen-bond acceptors (Lipinski definition) is 1. The minimum Gasteiger partial charge on any atom is -0.321 e. The smallest absolute Gasteiger partial charge is 0.0491 e.